The predicted molar refractivity (Wildman–Crippen MR) is 67.1 cm³/mol. The smallest absolute Gasteiger partial charge is 0.383 e. The molecule has 2 N–H and O–H groups in total. The Hall–Kier alpha value is -2.05. The topological polar surface area (TPSA) is 89.1 Å². The molecule has 6 nitrogen and oxygen atoms in total. The molecule has 1 heterocycles. The number of ether oxygens (including phenoxy) is 2. The second-order valence-corrected chi connectivity index (χ2v) is 3.98. The van der Waals surface area contributed by atoms with Gasteiger partial charge in [0.1, 0.15) is 5.58 Å². The van der Waals surface area contributed by atoms with Crippen molar-refractivity contribution in [1.29, 1.82) is 0 Å². The van der Waals surface area contributed by atoms with E-state index in [4.69, 9.17) is 13.9 Å². The van der Waals surface area contributed by atoms with Crippen LogP contribution >= 0.6 is 0 Å². The quantitative estimate of drug-likeness (QED) is 0.639. The standard InChI is InChI=1S/C13H14O6/c1-7(14)17-11-9-5-3-4-6-10(9)19-13(16)12(11)18-8(2)15/h3-8,14-15H,1-2H3. The summed E-state index contributed by atoms with van der Waals surface area (Å²) < 4.78 is 15.3. The van der Waals surface area contributed by atoms with E-state index < -0.39 is 18.2 Å². The Bertz CT molecular complexity index is 629. The molecule has 0 aliphatic rings. The fourth-order valence-electron chi connectivity index (χ4n) is 1.66. The molecule has 0 aliphatic carbocycles. The molecule has 0 spiro atoms. The molecule has 0 bridgehead atoms. The predicted octanol–water partition coefficient (Wildman–Crippen LogP) is 1.23. The minimum absolute atomic E-state index is 0.0442. The normalized spacial score (nSPS) is 14.1. The van der Waals surface area contributed by atoms with Crippen LogP contribution in [-0.4, -0.2) is 22.8 Å². The third-order valence-electron chi connectivity index (χ3n) is 2.30. The highest BCUT2D eigenvalue weighted by atomic mass is 16.6. The summed E-state index contributed by atoms with van der Waals surface area (Å²) in [6.07, 6.45) is -2.35. The van der Waals surface area contributed by atoms with Gasteiger partial charge in [0, 0.05) is 0 Å². The summed E-state index contributed by atoms with van der Waals surface area (Å²) >= 11 is 0. The lowest BCUT2D eigenvalue weighted by atomic mass is 10.2. The Morgan fingerprint density at radius 3 is 2.26 bits per heavy atom. The van der Waals surface area contributed by atoms with E-state index in [2.05, 4.69) is 0 Å². The monoisotopic (exact) mass is 266 g/mol. The Balaban J connectivity index is 2.70. The van der Waals surface area contributed by atoms with Crippen molar-refractivity contribution in [3.63, 3.8) is 0 Å². The van der Waals surface area contributed by atoms with E-state index in [-0.39, 0.29) is 11.5 Å². The number of aliphatic hydroxyl groups is 2. The van der Waals surface area contributed by atoms with Gasteiger partial charge in [0.2, 0.25) is 0 Å². The van der Waals surface area contributed by atoms with Crippen LogP contribution in [0.1, 0.15) is 13.8 Å². The lowest BCUT2D eigenvalue weighted by Gasteiger charge is -2.16. The van der Waals surface area contributed by atoms with Crippen LogP contribution < -0.4 is 15.1 Å². The Morgan fingerprint density at radius 2 is 1.63 bits per heavy atom. The van der Waals surface area contributed by atoms with Gasteiger partial charge in [0.05, 0.1) is 5.39 Å². The van der Waals surface area contributed by atoms with Gasteiger partial charge in [-0.25, -0.2) is 4.79 Å². The number of hydrogen-bond donors (Lipinski definition) is 2. The molecular weight excluding hydrogens is 252 g/mol. The zero-order valence-corrected chi connectivity index (χ0v) is 10.5. The Morgan fingerprint density at radius 1 is 1.05 bits per heavy atom. The van der Waals surface area contributed by atoms with E-state index in [9.17, 15) is 15.0 Å². The first-order chi connectivity index (χ1) is 8.99. The number of fused-ring (bicyclic) bond motifs is 1. The molecule has 0 fully saturated rings. The summed E-state index contributed by atoms with van der Waals surface area (Å²) in [7, 11) is 0. The van der Waals surface area contributed by atoms with Crippen molar-refractivity contribution >= 4 is 11.0 Å². The molecule has 1 aromatic carbocycles. The summed E-state index contributed by atoms with van der Waals surface area (Å²) in [6, 6.07) is 6.68. The highest BCUT2D eigenvalue weighted by Gasteiger charge is 2.20. The molecule has 0 saturated heterocycles. The van der Waals surface area contributed by atoms with Crippen molar-refractivity contribution in [3.05, 3.63) is 34.7 Å². The van der Waals surface area contributed by atoms with E-state index in [0.717, 1.165) is 0 Å². The summed E-state index contributed by atoms with van der Waals surface area (Å²) in [5.74, 6) is -0.225. The molecule has 2 aromatic rings. The first kappa shape index (κ1) is 13.4. The van der Waals surface area contributed by atoms with Crippen molar-refractivity contribution in [2.45, 2.75) is 26.4 Å². The van der Waals surface area contributed by atoms with Crippen LogP contribution in [0.5, 0.6) is 11.5 Å². The van der Waals surface area contributed by atoms with E-state index in [1.807, 2.05) is 0 Å². The van der Waals surface area contributed by atoms with Crippen molar-refractivity contribution in [2.75, 3.05) is 0 Å². The SMILES string of the molecule is CC(O)Oc1c(OC(C)O)c2ccccc2oc1=O. The van der Waals surface area contributed by atoms with Crippen LogP contribution in [0.4, 0.5) is 0 Å². The molecule has 0 aliphatic heterocycles. The number of aliphatic hydroxyl groups excluding tert-OH is 2. The fraction of sp³-hybridized carbons (Fsp3) is 0.308. The van der Waals surface area contributed by atoms with Gasteiger partial charge >= 0.3 is 5.63 Å². The molecule has 0 amide bonds. The molecule has 0 radical (unpaired) electrons. The van der Waals surface area contributed by atoms with E-state index in [1.165, 1.54) is 13.8 Å². The zero-order valence-electron chi connectivity index (χ0n) is 10.5. The van der Waals surface area contributed by atoms with Crippen LogP contribution in [0.3, 0.4) is 0 Å². The van der Waals surface area contributed by atoms with Crippen molar-refractivity contribution in [2.24, 2.45) is 0 Å². The molecule has 2 atom stereocenters. The number of para-hydroxylation sites is 1. The van der Waals surface area contributed by atoms with Crippen LogP contribution in [0, 0.1) is 0 Å². The molecule has 2 unspecified atom stereocenters. The summed E-state index contributed by atoms with van der Waals surface area (Å²) in [5, 5.41) is 19.1. The first-order valence-corrected chi connectivity index (χ1v) is 5.74. The Kier molecular flexibility index (Phi) is 3.73. The highest BCUT2D eigenvalue weighted by molar-refractivity contribution is 5.85. The number of hydrogen-bond acceptors (Lipinski definition) is 6. The maximum absolute atomic E-state index is 11.8. The van der Waals surface area contributed by atoms with Crippen molar-refractivity contribution < 1.29 is 24.1 Å². The average molecular weight is 266 g/mol. The third kappa shape index (κ3) is 2.86. The van der Waals surface area contributed by atoms with E-state index >= 15 is 0 Å². The zero-order chi connectivity index (χ0) is 14.0. The second kappa shape index (κ2) is 5.29. The van der Waals surface area contributed by atoms with Crippen LogP contribution in [-0.2, 0) is 0 Å². The summed E-state index contributed by atoms with van der Waals surface area (Å²) in [5.41, 5.74) is -0.476. The molecule has 1 aromatic heterocycles. The van der Waals surface area contributed by atoms with Gasteiger partial charge in [0.25, 0.3) is 5.75 Å². The minimum atomic E-state index is -1.21. The summed E-state index contributed by atoms with van der Waals surface area (Å²) in [4.78, 5) is 11.8. The molecule has 2 rings (SSSR count). The first-order valence-electron chi connectivity index (χ1n) is 5.74. The molecule has 0 saturated carbocycles. The largest absolute Gasteiger partial charge is 0.460 e. The van der Waals surface area contributed by atoms with Crippen LogP contribution in [0.2, 0.25) is 0 Å². The maximum atomic E-state index is 11.8. The van der Waals surface area contributed by atoms with E-state index in [0.29, 0.717) is 11.0 Å². The third-order valence-corrected chi connectivity index (χ3v) is 2.30. The van der Waals surface area contributed by atoms with Gasteiger partial charge in [-0.2, -0.15) is 0 Å². The average Bonchev–Trinajstić information content (AvgIpc) is 2.32. The number of rotatable bonds is 4. The lowest BCUT2D eigenvalue weighted by molar-refractivity contribution is -0.0222. The van der Waals surface area contributed by atoms with Gasteiger partial charge in [-0.1, -0.05) is 12.1 Å². The maximum Gasteiger partial charge on any atom is 0.383 e. The lowest BCUT2D eigenvalue weighted by Crippen LogP contribution is -2.19. The van der Waals surface area contributed by atoms with E-state index in [1.54, 1.807) is 24.3 Å². The molecule has 102 valence electrons. The van der Waals surface area contributed by atoms with Crippen molar-refractivity contribution in [1.82, 2.24) is 0 Å². The number of benzene rings is 1. The van der Waals surface area contributed by atoms with Crippen LogP contribution in [0.15, 0.2) is 33.5 Å². The van der Waals surface area contributed by atoms with Gasteiger partial charge in [-0.3, -0.25) is 0 Å². The second-order valence-electron chi connectivity index (χ2n) is 3.98. The van der Waals surface area contributed by atoms with Gasteiger partial charge in [-0.05, 0) is 26.0 Å². The Labute approximate surface area is 108 Å². The summed E-state index contributed by atoms with van der Waals surface area (Å²) in [6.45, 7) is 2.75. The fourth-order valence-corrected chi connectivity index (χ4v) is 1.66. The van der Waals surface area contributed by atoms with Crippen molar-refractivity contribution in [3.8, 4) is 11.5 Å². The van der Waals surface area contributed by atoms with Crippen LogP contribution in [0.25, 0.3) is 11.0 Å². The highest BCUT2D eigenvalue weighted by Crippen LogP contribution is 2.33. The minimum Gasteiger partial charge on any atom is -0.460 e. The van der Waals surface area contributed by atoms with Gasteiger partial charge < -0.3 is 24.1 Å². The van der Waals surface area contributed by atoms with Gasteiger partial charge in [-0.15, -0.1) is 0 Å². The van der Waals surface area contributed by atoms with Gasteiger partial charge in [0.15, 0.2) is 18.3 Å². The molecule has 6 heteroatoms. The molecular formula is C13H14O6. The molecule has 19 heavy (non-hydrogen) atoms.